The number of hydrogen-bond donors (Lipinski definition) is 2. The average molecular weight is 557 g/mol. The molecule has 1 aliphatic rings. The molecule has 2 heterocycles. The van der Waals surface area contributed by atoms with Crippen molar-refractivity contribution in [2.45, 2.75) is 51.3 Å². The Kier molecular flexibility index (Phi) is 8.63. The van der Waals surface area contributed by atoms with Gasteiger partial charge in [-0.25, -0.2) is 8.42 Å². The van der Waals surface area contributed by atoms with E-state index >= 15 is 0 Å². The highest BCUT2D eigenvalue weighted by molar-refractivity contribution is 7.92. The molecule has 1 aliphatic heterocycles. The van der Waals surface area contributed by atoms with Crippen LogP contribution in [-0.2, 0) is 16.6 Å². The van der Waals surface area contributed by atoms with E-state index in [0.29, 0.717) is 18.8 Å². The van der Waals surface area contributed by atoms with Crippen LogP contribution in [0.4, 0.5) is 5.69 Å². The molecule has 0 bridgehead atoms. The standard InChI is InChI=1S/C28H36N4O6S/c1-18-14-32(19(2)17-33)28(34)24-13-23(30-39(35,36)27-20(3)29-38-21(27)4)11-12-25(24)37-26(18)16-31(5)15-22-9-7-6-8-10-22/h6-13,18-19,26,30,33H,14-17H2,1-5H3/t18-,19-,26-/m1/s1. The maximum Gasteiger partial charge on any atom is 0.267 e. The minimum atomic E-state index is -4.01. The molecule has 210 valence electrons. The van der Waals surface area contributed by atoms with Gasteiger partial charge in [0.2, 0.25) is 0 Å². The molecule has 3 atom stereocenters. The fraction of sp³-hybridized carbons (Fsp3) is 0.429. The molecule has 39 heavy (non-hydrogen) atoms. The molecule has 4 rings (SSSR count). The minimum absolute atomic E-state index is 0.0351. The summed E-state index contributed by atoms with van der Waals surface area (Å²) < 4.78 is 40.2. The van der Waals surface area contributed by atoms with Crippen LogP contribution >= 0.6 is 0 Å². The number of ether oxygens (including phenoxy) is 1. The van der Waals surface area contributed by atoms with Gasteiger partial charge in [-0.05, 0) is 51.6 Å². The van der Waals surface area contributed by atoms with E-state index in [4.69, 9.17) is 9.26 Å². The van der Waals surface area contributed by atoms with Crippen LogP contribution in [-0.4, -0.2) is 73.3 Å². The summed E-state index contributed by atoms with van der Waals surface area (Å²) in [6.45, 7) is 8.40. The smallest absolute Gasteiger partial charge is 0.267 e. The van der Waals surface area contributed by atoms with Crippen molar-refractivity contribution in [3.8, 4) is 5.75 Å². The Bertz CT molecular complexity index is 1390. The molecular weight excluding hydrogens is 520 g/mol. The number of amides is 1. The van der Waals surface area contributed by atoms with Crippen LogP contribution in [0.3, 0.4) is 0 Å². The maximum absolute atomic E-state index is 13.7. The summed E-state index contributed by atoms with van der Waals surface area (Å²) in [5.74, 6) is 0.157. The van der Waals surface area contributed by atoms with Crippen molar-refractivity contribution in [2.24, 2.45) is 5.92 Å². The zero-order valence-corrected chi connectivity index (χ0v) is 23.7. The fourth-order valence-corrected chi connectivity index (χ4v) is 6.22. The molecule has 0 unspecified atom stereocenters. The molecule has 2 aromatic carbocycles. The van der Waals surface area contributed by atoms with Gasteiger partial charge in [-0.1, -0.05) is 42.4 Å². The van der Waals surface area contributed by atoms with Gasteiger partial charge in [0.1, 0.15) is 17.5 Å². The number of nitrogens with zero attached hydrogens (tertiary/aromatic N) is 3. The molecule has 0 aliphatic carbocycles. The largest absolute Gasteiger partial charge is 0.488 e. The van der Waals surface area contributed by atoms with E-state index in [2.05, 4.69) is 26.9 Å². The molecule has 0 saturated carbocycles. The van der Waals surface area contributed by atoms with Crippen molar-refractivity contribution in [1.82, 2.24) is 15.0 Å². The first kappa shape index (κ1) is 28.6. The number of aliphatic hydroxyl groups excluding tert-OH is 1. The second-order valence-corrected chi connectivity index (χ2v) is 11.9. The van der Waals surface area contributed by atoms with Crippen LogP contribution in [0.15, 0.2) is 57.9 Å². The fourth-order valence-electron chi connectivity index (χ4n) is 4.84. The lowest BCUT2D eigenvalue weighted by molar-refractivity contribution is 0.0341. The number of nitrogens with one attached hydrogen (secondary N) is 1. The summed E-state index contributed by atoms with van der Waals surface area (Å²) >= 11 is 0. The van der Waals surface area contributed by atoms with E-state index in [9.17, 15) is 18.3 Å². The van der Waals surface area contributed by atoms with Crippen molar-refractivity contribution < 1.29 is 27.6 Å². The number of anilines is 1. The monoisotopic (exact) mass is 556 g/mol. The van der Waals surface area contributed by atoms with E-state index in [1.807, 2.05) is 32.2 Å². The molecule has 0 saturated heterocycles. The SMILES string of the molecule is Cc1noc(C)c1S(=O)(=O)Nc1ccc2c(c1)C(=O)N([C@H](C)CO)C[C@@H](C)[C@@H](CN(C)Cc1ccccc1)O2. The third-order valence-electron chi connectivity index (χ3n) is 6.94. The number of aryl methyl sites for hydroxylation is 2. The Morgan fingerprint density at radius 3 is 2.56 bits per heavy atom. The first-order chi connectivity index (χ1) is 18.5. The quantitative estimate of drug-likeness (QED) is 0.411. The first-order valence-corrected chi connectivity index (χ1v) is 14.4. The van der Waals surface area contributed by atoms with Crippen molar-refractivity contribution in [2.75, 3.05) is 31.5 Å². The second-order valence-electron chi connectivity index (χ2n) is 10.3. The van der Waals surface area contributed by atoms with Gasteiger partial charge in [-0.3, -0.25) is 14.4 Å². The van der Waals surface area contributed by atoms with Crippen LogP contribution in [0.2, 0.25) is 0 Å². The maximum atomic E-state index is 13.7. The van der Waals surface area contributed by atoms with Crippen LogP contribution < -0.4 is 9.46 Å². The van der Waals surface area contributed by atoms with Crippen LogP contribution in [0.25, 0.3) is 0 Å². The number of fused-ring (bicyclic) bond motifs is 1. The van der Waals surface area contributed by atoms with Crippen molar-refractivity contribution >= 4 is 21.6 Å². The molecule has 11 heteroatoms. The molecule has 0 fully saturated rings. The summed E-state index contributed by atoms with van der Waals surface area (Å²) in [5, 5.41) is 13.6. The molecule has 3 aromatic rings. The molecular formula is C28H36N4O6S. The lowest BCUT2D eigenvalue weighted by Crippen LogP contribution is -2.49. The first-order valence-electron chi connectivity index (χ1n) is 12.9. The average Bonchev–Trinajstić information content (AvgIpc) is 3.25. The summed E-state index contributed by atoms with van der Waals surface area (Å²) in [6, 6.07) is 14.4. The lowest BCUT2D eigenvalue weighted by atomic mass is 9.99. The van der Waals surface area contributed by atoms with Crippen molar-refractivity contribution in [3.05, 3.63) is 71.1 Å². The number of benzene rings is 2. The third-order valence-corrected chi connectivity index (χ3v) is 8.57. The van der Waals surface area contributed by atoms with Crippen LogP contribution in [0, 0.1) is 19.8 Å². The van der Waals surface area contributed by atoms with E-state index in [1.165, 1.54) is 18.6 Å². The van der Waals surface area contributed by atoms with E-state index < -0.39 is 16.1 Å². The molecule has 1 aromatic heterocycles. The number of aromatic nitrogens is 1. The zero-order valence-electron chi connectivity index (χ0n) is 22.9. The van der Waals surface area contributed by atoms with Crippen molar-refractivity contribution in [1.29, 1.82) is 0 Å². The molecule has 10 nitrogen and oxygen atoms in total. The normalized spacial score (nSPS) is 18.7. The predicted molar refractivity (Wildman–Crippen MR) is 147 cm³/mol. The third kappa shape index (κ3) is 6.43. The predicted octanol–water partition coefficient (Wildman–Crippen LogP) is 3.44. The van der Waals surface area contributed by atoms with Gasteiger partial charge >= 0.3 is 0 Å². The van der Waals surface area contributed by atoms with Crippen LogP contribution in [0.1, 0.15) is 41.2 Å². The highest BCUT2D eigenvalue weighted by Crippen LogP contribution is 2.32. The molecule has 0 spiro atoms. The lowest BCUT2D eigenvalue weighted by Gasteiger charge is -2.38. The topological polar surface area (TPSA) is 125 Å². The van der Waals surface area contributed by atoms with E-state index in [-0.39, 0.29) is 52.1 Å². The van der Waals surface area contributed by atoms with Gasteiger partial charge in [0.25, 0.3) is 15.9 Å². The minimum Gasteiger partial charge on any atom is -0.488 e. The number of carbonyl (C=O) groups is 1. The summed E-state index contributed by atoms with van der Waals surface area (Å²) in [5.41, 5.74) is 1.84. The Balaban J connectivity index is 1.65. The van der Waals surface area contributed by atoms with Gasteiger partial charge in [0.15, 0.2) is 10.7 Å². The molecule has 0 radical (unpaired) electrons. The number of rotatable bonds is 9. The Hall–Kier alpha value is -3.41. The van der Waals surface area contributed by atoms with Crippen molar-refractivity contribution in [3.63, 3.8) is 0 Å². The Morgan fingerprint density at radius 2 is 1.92 bits per heavy atom. The highest BCUT2D eigenvalue weighted by Gasteiger charge is 2.34. The van der Waals surface area contributed by atoms with Gasteiger partial charge < -0.3 is 19.3 Å². The van der Waals surface area contributed by atoms with Gasteiger partial charge in [0, 0.05) is 31.2 Å². The zero-order chi connectivity index (χ0) is 28.3. The number of aliphatic hydroxyl groups is 1. The second kappa shape index (κ2) is 11.8. The number of hydrogen-bond acceptors (Lipinski definition) is 8. The molecule has 2 N–H and O–H groups in total. The van der Waals surface area contributed by atoms with E-state index in [0.717, 1.165) is 6.54 Å². The van der Waals surface area contributed by atoms with Crippen LogP contribution in [0.5, 0.6) is 5.75 Å². The van der Waals surface area contributed by atoms with Gasteiger partial charge in [0.05, 0.1) is 18.2 Å². The Morgan fingerprint density at radius 1 is 1.21 bits per heavy atom. The summed E-state index contributed by atoms with van der Waals surface area (Å²) in [7, 11) is -1.99. The highest BCUT2D eigenvalue weighted by atomic mass is 32.2. The number of likely N-dealkylation sites (N-methyl/N-ethyl adjacent to an activating group) is 1. The Labute approximate surface area is 229 Å². The molecule has 1 amide bonds. The van der Waals surface area contributed by atoms with Gasteiger partial charge in [-0.2, -0.15) is 0 Å². The van der Waals surface area contributed by atoms with E-state index in [1.54, 1.807) is 30.9 Å². The summed E-state index contributed by atoms with van der Waals surface area (Å²) in [4.78, 5) is 17.4. The number of carbonyl (C=O) groups excluding carboxylic acids is 1. The summed E-state index contributed by atoms with van der Waals surface area (Å²) in [6.07, 6.45) is -0.260. The number of sulfonamides is 1. The van der Waals surface area contributed by atoms with Gasteiger partial charge in [-0.15, -0.1) is 0 Å².